The van der Waals surface area contributed by atoms with E-state index in [0.717, 1.165) is 40.6 Å². The molecule has 1 aliphatic rings. The van der Waals surface area contributed by atoms with Crippen molar-refractivity contribution in [3.05, 3.63) is 107 Å². The number of benzene rings is 3. The summed E-state index contributed by atoms with van der Waals surface area (Å²) in [5.41, 5.74) is 3.09. The number of carbonyl (C=O) groups excluding carboxylic acids is 1. The highest BCUT2D eigenvalue weighted by atomic mass is 19.1. The molecule has 6 rings (SSSR count). The lowest BCUT2D eigenvalue weighted by Gasteiger charge is -2.36. The molecule has 5 aromatic rings. The molecule has 1 amide bonds. The van der Waals surface area contributed by atoms with Gasteiger partial charge in [-0.25, -0.2) is 9.07 Å². The fraction of sp³-hybridized carbons (Fsp3) is 0.207. The summed E-state index contributed by atoms with van der Waals surface area (Å²) in [7, 11) is 0. The van der Waals surface area contributed by atoms with Crippen molar-refractivity contribution < 1.29 is 9.18 Å². The number of anilines is 1. The number of aromatic nitrogens is 3. The van der Waals surface area contributed by atoms with Crippen LogP contribution in [-0.2, 0) is 17.9 Å². The summed E-state index contributed by atoms with van der Waals surface area (Å²) in [5, 5.41) is 6.02. The molecule has 0 unspecified atom stereocenters. The van der Waals surface area contributed by atoms with Crippen LogP contribution in [0.4, 0.5) is 10.1 Å². The first-order valence-corrected chi connectivity index (χ1v) is 12.4. The van der Waals surface area contributed by atoms with Gasteiger partial charge in [-0.1, -0.05) is 48.5 Å². The number of hydrogen-bond donors (Lipinski definition) is 0. The van der Waals surface area contributed by atoms with E-state index in [4.69, 9.17) is 0 Å². The molecule has 37 heavy (non-hydrogen) atoms. The predicted octanol–water partition coefficient (Wildman–Crippen LogP) is 3.89. The summed E-state index contributed by atoms with van der Waals surface area (Å²) in [5.74, 6) is -0.427. The van der Waals surface area contributed by atoms with Gasteiger partial charge in [0.15, 0.2) is 0 Å². The van der Waals surface area contributed by atoms with Crippen LogP contribution in [0.15, 0.2) is 89.9 Å². The van der Waals surface area contributed by atoms with E-state index in [2.05, 4.69) is 22.1 Å². The highest BCUT2D eigenvalue weighted by molar-refractivity contribution is 6.07. The topological polar surface area (TPSA) is 63.4 Å². The average Bonchev–Trinajstić information content (AvgIpc) is 3.26. The van der Waals surface area contributed by atoms with Gasteiger partial charge in [-0.2, -0.15) is 5.10 Å². The van der Waals surface area contributed by atoms with Gasteiger partial charge in [-0.15, -0.1) is 0 Å². The van der Waals surface area contributed by atoms with Gasteiger partial charge in [0.2, 0.25) is 5.91 Å². The van der Waals surface area contributed by atoms with Crippen molar-refractivity contribution in [3.63, 3.8) is 0 Å². The monoisotopic (exact) mass is 495 g/mol. The van der Waals surface area contributed by atoms with Crippen LogP contribution in [0, 0.1) is 5.82 Å². The molecule has 1 saturated heterocycles. The van der Waals surface area contributed by atoms with Crippen molar-refractivity contribution >= 4 is 33.4 Å². The molecule has 0 aliphatic carbocycles. The zero-order valence-corrected chi connectivity index (χ0v) is 20.3. The summed E-state index contributed by atoms with van der Waals surface area (Å²) in [6.07, 6.45) is 1.67. The number of hydrogen-bond acceptors (Lipinski definition) is 4. The number of para-hydroxylation sites is 2. The molecule has 0 atom stereocenters. The summed E-state index contributed by atoms with van der Waals surface area (Å²) in [6.45, 7) is 2.95. The molecular weight excluding hydrogens is 469 g/mol. The summed E-state index contributed by atoms with van der Waals surface area (Å²) >= 11 is 0. The fourth-order valence-electron chi connectivity index (χ4n) is 5.12. The van der Waals surface area contributed by atoms with Crippen molar-refractivity contribution in [1.82, 2.24) is 19.2 Å². The molecule has 8 heteroatoms. The van der Waals surface area contributed by atoms with Gasteiger partial charge in [0.05, 0.1) is 6.20 Å². The molecule has 2 aromatic heterocycles. The minimum absolute atomic E-state index is 0.113. The number of fused-ring (bicyclic) bond motifs is 3. The van der Waals surface area contributed by atoms with E-state index < -0.39 is 0 Å². The Morgan fingerprint density at radius 1 is 0.838 bits per heavy atom. The van der Waals surface area contributed by atoms with Crippen molar-refractivity contribution in [3.8, 4) is 0 Å². The molecule has 0 bridgehead atoms. The molecule has 1 aliphatic heterocycles. The second kappa shape index (κ2) is 9.54. The molecule has 0 spiro atoms. The number of amides is 1. The van der Waals surface area contributed by atoms with Crippen LogP contribution < -0.4 is 10.5 Å². The van der Waals surface area contributed by atoms with Crippen LogP contribution in [-0.4, -0.2) is 51.3 Å². The van der Waals surface area contributed by atoms with Gasteiger partial charge in [-0.05, 0) is 35.9 Å². The Hall–Kier alpha value is -4.46. The third kappa shape index (κ3) is 4.35. The van der Waals surface area contributed by atoms with E-state index in [-0.39, 0.29) is 23.8 Å². The van der Waals surface area contributed by atoms with Crippen LogP contribution in [0.2, 0.25) is 0 Å². The first kappa shape index (κ1) is 23.0. The van der Waals surface area contributed by atoms with E-state index >= 15 is 0 Å². The number of piperazine rings is 1. The zero-order chi connectivity index (χ0) is 25.4. The van der Waals surface area contributed by atoms with Gasteiger partial charge in [-0.3, -0.25) is 9.59 Å². The van der Waals surface area contributed by atoms with E-state index in [9.17, 15) is 14.0 Å². The maximum absolute atomic E-state index is 13.7. The van der Waals surface area contributed by atoms with Crippen molar-refractivity contribution in [1.29, 1.82) is 0 Å². The lowest BCUT2D eigenvalue weighted by molar-refractivity contribution is -0.132. The largest absolute Gasteiger partial charge is 0.368 e. The Kier molecular flexibility index (Phi) is 5.92. The van der Waals surface area contributed by atoms with E-state index in [1.165, 1.54) is 16.8 Å². The second-order valence-corrected chi connectivity index (χ2v) is 9.30. The number of halogens is 1. The van der Waals surface area contributed by atoms with Crippen LogP contribution in [0.3, 0.4) is 0 Å². The van der Waals surface area contributed by atoms with Crippen LogP contribution in [0.5, 0.6) is 0 Å². The SMILES string of the molecule is O=C(Cn1ncc2c3ccccc3n(Cc3ccc(F)cc3)c2c1=O)N1CCN(c2ccccc2)CC1. The lowest BCUT2D eigenvalue weighted by Crippen LogP contribution is -2.50. The molecular formula is C29H26FN5O2. The van der Waals surface area contributed by atoms with E-state index in [1.54, 1.807) is 23.2 Å². The van der Waals surface area contributed by atoms with Crippen LogP contribution >= 0.6 is 0 Å². The van der Waals surface area contributed by atoms with Gasteiger partial charge in [0.1, 0.15) is 17.9 Å². The predicted molar refractivity (Wildman–Crippen MR) is 142 cm³/mol. The number of rotatable bonds is 5. The summed E-state index contributed by atoms with van der Waals surface area (Å²) in [6, 6.07) is 24.2. The van der Waals surface area contributed by atoms with Gasteiger partial charge >= 0.3 is 0 Å². The third-order valence-corrected chi connectivity index (χ3v) is 7.07. The Labute approximate surface area is 213 Å². The molecule has 1 fully saturated rings. The van der Waals surface area contributed by atoms with Gasteiger partial charge < -0.3 is 14.4 Å². The Morgan fingerprint density at radius 3 is 2.30 bits per heavy atom. The minimum atomic E-state index is -0.313. The van der Waals surface area contributed by atoms with Gasteiger partial charge in [0.25, 0.3) is 5.56 Å². The molecule has 3 heterocycles. The zero-order valence-electron chi connectivity index (χ0n) is 20.3. The van der Waals surface area contributed by atoms with Crippen molar-refractivity contribution in [2.45, 2.75) is 13.1 Å². The molecule has 7 nitrogen and oxygen atoms in total. The molecule has 186 valence electrons. The van der Waals surface area contributed by atoms with E-state index in [0.29, 0.717) is 25.2 Å². The molecule has 0 saturated carbocycles. The highest BCUT2D eigenvalue weighted by Gasteiger charge is 2.23. The average molecular weight is 496 g/mol. The van der Waals surface area contributed by atoms with Crippen molar-refractivity contribution in [2.24, 2.45) is 0 Å². The maximum Gasteiger partial charge on any atom is 0.291 e. The second-order valence-electron chi connectivity index (χ2n) is 9.30. The van der Waals surface area contributed by atoms with Crippen molar-refractivity contribution in [2.75, 3.05) is 31.1 Å². The normalized spacial score (nSPS) is 14.0. The highest BCUT2D eigenvalue weighted by Crippen LogP contribution is 2.27. The smallest absolute Gasteiger partial charge is 0.291 e. The quantitative estimate of drug-likeness (QED) is 0.371. The standard InChI is InChI=1S/C29H26FN5O2/c30-22-12-10-21(11-13-22)19-34-26-9-5-4-8-24(26)25-18-31-35(29(37)28(25)34)20-27(36)33-16-14-32(15-17-33)23-6-2-1-3-7-23/h1-13,18H,14-17,19-20H2. The minimum Gasteiger partial charge on any atom is -0.368 e. The fourth-order valence-corrected chi connectivity index (χ4v) is 5.12. The summed E-state index contributed by atoms with van der Waals surface area (Å²) < 4.78 is 16.7. The third-order valence-electron chi connectivity index (χ3n) is 7.07. The number of nitrogens with zero attached hydrogens (tertiary/aromatic N) is 5. The lowest BCUT2D eigenvalue weighted by atomic mass is 10.2. The number of carbonyl (C=O) groups is 1. The summed E-state index contributed by atoms with van der Waals surface area (Å²) in [4.78, 5) is 30.9. The van der Waals surface area contributed by atoms with Gasteiger partial charge in [0, 0.05) is 54.7 Å². The molecule has 3 aromatic carbocycles. The Balaban J connectivity index is 1.28. The molecule has 0 radical (unpaired) electrons. The van der Waals surface area contributed by atoms with E-state index in [1.807, 2.05) is 47.0 Å². The van der Waals surface area contributed by atoms with Crippen LogP contribution in [0.1, 0.15) is 5.56 Å². The molecule has 0 N–H and O–H groups in total. The first-order chi connectivity index (χ1) is 18.1. The Bertz CT molecular complexity index is 1630. The maximum atomic E-state index is 13.7. The Morgan fingerprint density at radius 2 is 1.54 bits per heavy atom. The first-order valence-electron chi connectivity index (χ1n) is 12.4. The van der Waals surface area contributed by atoms with Crippen LogP contribution in [0.25, 0.3) is 21.8 Å².